The predicted molar refractivity (Wildman–Crippen MR) is 175 cm³/mol. The zero-order valence-corrected chi connectivity index (χ0v) is 30.4. The molecule has 2 fully saturated rings. The molecule has 6 rings (SSSR count). The van der Waals surface area contributed by atoms with Crippen molar-refractivity contribution in [2.45, 2.75) is 49.9 Å². The third-order valence-electron chi connectivity index (χ3n) is 8.71. The highest BCUT2D eigenvalue weighted by Gasteiger charge is 2.46. The summed E-state index contributed by atoms with van der Waals surface area (Å²) in [5, 5.41) is 5.16. The Hall–Kier alpha value is -5.16. The second-order valence-electron chi connectivity index (χ2n) is 12.4. The third-order valence-corrected chi connectivity index (χ3v) is 8.71. The molecule has 2 amide bonds. The molecule has 0 saturated heterocycles. The molecule has 2 aliphatic carbocycles. The van der Waals surface area contributed by atoms with Gasteiger partial charge in [0, 0.05) is 22.3 Å². The number of rotatable bonds is 10. The minimum atomic E-state index is -0.854. The number of methoxy groups -OCH3 is 2. The molecule has 2 heterocycles. The maximum Gasteiger partial charge on any atom is 0.341 e. The average Bonchev–Trinajstić information content (AvgIpc) is 4.07. The average molecular weight is 796 g/mol. The van der Waals surface area contributed by atoms with E-state index in [2.05, 4.69) is 30.1 Å². The first-order chi connectivity index (χ1) is 24.7. The number of nitrogens with two attached hydrogens (primary N) is 2. The van der Waals surface area contributed by atoms with Crippen molar-refractivity contribution in [3.63, 3.8) is 0 Å². The van der Waals surface area contributed by atoms with Gasteiger partial charge in [0.2, 0.25) is 23.2 Å². The number of esters is 2. The van der Waals surface area contributed by atoms with Crippen molar-refractivity contribution < 1.29 is 81.0 Å². The number of halogens is 6. The monoisotopic (exact) mass is 794 g/mol. The molecule has 288 valence electrons. The van der Waals surface area contributed by atoms with E-state index in [1.165, 1.54) is 36.7 Å². The highest BCUT2D eigenvalue weighted by molar-refractivity contribution is 5.98. The fourth-order valence-electron chi connectivity index (χ4n) is 5.14. The van der Waals surface area contributed by atoms with Crippen LogP contribution < -0.4 is 56.9 Å². The molecule has 0 atom stereocenters. The van der Waals surface area contributed by atoms with Gasteiger partial charge in [-0.3, -0.25) is 9.59 Å². The molecular formula is C36H36Cl2F4N6O6. The molecule has 2 aliphatic rings. The van der Waals surface area contributed by atoms with Gasteiger partial charge in [-0.25, -0.2) is 28.3 Å². The number of aromatic amines is 2. The van der Waals surface area contributed by atoms with Crippen molar-refractivity contribution >= 4 is 23.8 Å². The minimum absolute atomic E-state index is 0. The molecule has 2 aromatic heterocycles. The minimum Gasteiger partial charge on any atom is -1.00 e. The van der Waals surface area contributed by atoms with Crippen molar-refractivity contribution in [1.82, 2.24) is 10.6 Å². The first-order valence-corrected chi connectivity index (χ1v) is 16.0. The van der Waals surface area contributed by atoms with E-state index in [1.54, 1.807) is 0 Å². The summed E-state index contributed by atoms with van der Waals surface area (Å²) in [7, 11) is 2.28. The smallest absolute Gasteiger partial charge is 0.341 e. The maximum atomic E-state index is 14.4. The summed E-state index contributed by atoms with van der Waals surface area (Å²) >= 11 is 0. The van der Waals surface area contributed by atoms with Gasteiger partial charge in [-0.2, -0.15) is 8.78 Å². The van der Waals surface area contributed by atoms with Crippen molar-refractivity contribution in [1.29, 1.82) is 0 Å². The van der Waals surface area contributed by atoms with Gasteiger partial charge in [-0.05, 0) is 49.9 Å². The summed E-state index contributed by atoms with van der Waals surface area (Å²) in [5.41, 5.74) is 10.5. The normalized spacial score (nSPS) is 14.1. The van der Waals surface area contributed by atoms with E-state index in [0.717, 1.165) is 38.5 Å². The molecule has 0 aliphatic heterocycles. The second kappa shape index (κ2) is 17.8. The Morgan fingerprint density at radius 1 is 0.648 bits per heavy atom. The van der Waals surface area contributed by atoms with E-state index in [-0.39, 0.29) is 94.5 Å². The van der Waals surface area contributed by atoms with Crippen LogP contribution in [-0.4, -0.2) is 49.1 Å². The van der Waals surface area contributed by atoms with E-state index >= 15 is 0 Å². The highest BCUT2D eigenvalue weighted by atomic mass is 35.5. The second-order valence-corrected chi connectivity index (χ2v) is 12.4. The van der Waals surface area contributed by atoms with Crippen LogP contribution in [0.4, 0.5) is 17.6 Å². The van der Waals surface area contributed by atoms with Crippen LogP contribution in [0.2, 0.25) is 0 Å². The van der Waals surface area contributed by atoms with Gasteiger partial charge < -0.3 is 56.4 Å². The number of benzene rings is 2. The van der Waals surface area contributed by atoms with E-state index in [1.807, 2.05) is 0 Å². The lowest BCUT2D eigenvalue weighted by molar-refractivity contribution is -0.393. The number of amides is 2. The number of ether oxygens (including phenoxy) is 2. The number of hydrogen-bond acceptors (Lipinski definition) is 8. The van der Waals surface area contributed by atoms with E-state index in [9.17, 15) is 36.7 Å². The maximum absolute atomic E-state index is 14.4. The topological polar surface area (TPSA) is 191 Å². The molecule has 54 heavy (non-hydrogen) atoms. The van der Waals surface area contributed by atoms with Gasteiger partial charge in [-0.1, -0.05) is 24.3 Å². The predicted octanol–water partition coefficient (Wildman–Crippen LogP) is -3.31. The van der Waals surface area contributed by atoms with Crippen LogP contribution in [0, 0.1) is 23.3 Å². The molecule has 8 N–H and O–H groups in total. The Morgan fingerprint density at radius 3 is 1.30 bits per heavy atom. The molecule has 2 saturated carbocycles. The Labute approximate surface area is 319 Å². The van der Waals surface area contributed by atoms with E-state index < -0.39 is 46.3 Å². The molecular weight excluding hydrogens is 759 g/mol. The zero-order chi connectivity index (χ0) is 37.8. The van der Waals surface area contributed by atoms with E-state index in [4.69, 9.17) is 11.5 Å². The van der Waals surface area contributed by atoms with Crippen LogP contribution in [0.3, 0.4) is 0 Å². The number of H-pyrrole nitrogens is 2. The van der Waals surface area contributed by atoms with Gasteiger partial charge in [0.25, 0.3) is 0 Å². The number of hydrogen-bond donors (Lipinski definition) is 4. The summed E-state index contributed by atoms with van der Waals surface area (Å²) in [5.74, 6) is -5.15. The van der Waals surface area contributed by atoms with Gasteiger partial charge in [0.1, 0.15) is 35.9 Å². The highest BCUT2D eigenvalue weighted by Crippen LogP contribution is 2.33. The summed E-state index contributed by atoms with van der Waals surface area (Å²) in [6.07, 6.45) is 5.31. The van der Waals surface area contributed by atoms with Crippen molar-refractivity contribution in [2.75, 3.05) is 14.2 Å². The fraction of sp³-hybridized carbons (Fsp3) is 0.278. The molecule has 0 unspecified atom stereocenters. The SMILES string of the molecule is COC(=O)c1c(F)cccc1-c1c[nH+]c(CNC(=O)C2(N)CC2)c(F)c1.COC(=O)c1c(F)cccc1-c1c[nH+]c(CNC(=O)C2(N)CC2)c(F)c1.[Cl-].[Cl-]. The first-order valence-electron chi connectivity index (χ1n) is 16.0. The lowest BCUT2D eigenvalue weighted by atomic mass is 10.00. The number of nitrogens with one attached hydrogen (secondary N) is 4. The fourth-order valence-corrected chi connectivity index (χ4v) is 5.14. The van der Waals surface area contributed by atoms with Gasteiger partial charge >= 0.3 is 11.9 Å². The largest absolute Gasteiger partial charge is 1.00 e. The van der Waals surface area contributed by atoms with Gasteiger partial charge in [0.15, 0.2) is 24.0 Å². The molecule has 0 bridgehead atoms. The lowest BCUT2D eigenvalue weighted by Gasteiger charge is -2.09. The number of carbonyl (C=O) groups excluding carboxylic acids is 4. The van der Waals surface area contributed by atoms with Crippen LogP contribution in [-0.2, 0) is 32.2 Å². The standard InChI is InChI=1S/2C18H17F2N3O3.2ClH/c2*1-26-16(24)15-11(3-2-4-12(15)19)10-7-13(20)14(22-8-10)9-23-17(25)18(21)5-6-18;;/h2*2-4,7-8H,5-6,9,21H2,1H3,(H,23,25);2*1H. The van der Waals surface area contributed by atoms with Gasteiger partial charge in [0.05, 0.1) is 25.3 Å². The molecule has 12 nitrogen and oxygen atoms in total. The van der Waals surface area contributed by atoms with Crippen LogP contribution in [0.1, 0.15) is 57.8 Å². The molecule has 4 aromatic rings. The quantitative estimate of drug-likeness (QED) is 0.0948. The lowest BCUT2D eigenvalue weighted by Crippen LogP contribution is -3.00. The molecule has 2 aromatic carbocycles. The third kappa shape index (κ3) is 9.68. The molecule has 0 spiro atoms. The van der Waals surface area contributed by atoms with Crippen molar-refractivity contribution in [3.8, 4) is 22.3 Å². The Bertz CT molecular complexity index is 1920. The zero-order valence-electron chi connectivity index (χ0n) is 28.9. The Morgan fingerprint density at radius 2 is 1.00 bits per heavy atom. The van der Waals surface area contributed by atoms with Crippen LogP contribution in [0.25, 0.3) is 22.3 Å². The molecule has 0 radical (unpaired) electrons. The number of pyridine rings is 2. The van der Waals surface area contributed by atoms with Crippen LogP contribution >= 0.6 is 0 Å². The van der Waals surface area contributed by atoms with Crippen molar-refractivity contribution in [2.24, 2.45) is 11.5 Å². The first kappa shape index (κ1) is 43.2. The summed E-state index contributed by atoms with van der Waals surface area (Å²) in [6, 6.07) is 10.4. The summed E-state index contributed by atoms with van der Waals surface area (Å²) in [4.78, 5) is 52.8. The summed E-state index contributed by atoms with van der Waals surface area (Å²) in [6.45, 7) is -0.117. The summed E-state index contributed by atoms with van der Waals surface area (Å²) < 4.78 is 66.0. The Balaban J connectivity index is 0.000000280. The van der Waals surface area contributed by atoms with Crippen molar-refractivity contribution in [3.05, 3.63) is 107 Å². The Kier molecular flexibility index (Phi) is 14.2. The number of carbonyl (C=O) groups is 4. The van der Waals surface area contributed by atoms with Gasteiger partial charge in [-0.15, -0.1) is 0 Å². The van der Waals surface area contributed by atoms with Crippen LogP contribution in [0.15, 0.2) is 60.9 Å². The number of aromatic nitrogens is 2. The van der Waals surface area contributed by atoms with Crippen LogP contribution in [0.5, 0.6) is 0 Å². The van der Waals surface area contributed by atoms with E-state index in [0.29, 0.717) is 25.7 Å². The molecule has 18 heteroatoms.